The van der Waals surface area contributed by atoms with Crippen LogP contribution >= 0.6 is 0 Å². The van der Waals surface area contributed by atoms with Gasteiger partial charge in [-0.2, -0.15) is 8.78 Å². The number of rotatable bonds is 6. The fraction of sp³-hybridized carbons (Fsp3) is 0.455. The molecule has 0 unspecified atom stereocenters. The molecule has 1 nitrogen and oxygen atoms in total. The fourth-order valence-electron chi connectivity index (χ4n) is 4.01. The lowest BCUT2D eigenvalue weighted by Gasteiger charge is -2.29. The maximum Gasteiger partial charge on any atom is 0.429 e. The van der Waals surface area contributed by atoms with Gasteiger partial charge >= 0.3 is 6.11 Å². The third-order valence-corrected chi connectivity index (χ3v) is 5.53. The van der Waals surface area contributed by atoms with Gasteiger partial charge in [-0.25, -0.2) is 17.6 Å². The molecule has 0 heterocycles. The van der Waals surface area contributed by atoms with E-state index in [-0.39, 0.29) is 18.1 Å². The van der Waals surface area contributed by atoms with Crippen LogP contribution < -0.4 is 4.74 Å². The lowest BCUT2D eigenvalue weighted by atomic mass is 9.77. The number of benzene rings is 2. The Hall–Kier alpha value is -2.18. The summed E-state index contributed by atoms with van der Waals surface area (Å²) in [7, 11) is 0. The van der Waals surface area contributed by atoms with E-state index in [4.69, 9.17) is 0 Å². The van der Waals surface area contributed by atoms with Gasteiger partial charge in [0.2, 0.25) is 0 Å². The summed E-state index contributed by atoms with van der Waals surface area (Å²) >= 11 is 0. The standard InChI is InChI=1S/C22H22F6O/c1-2-3-13-4-6-14(7-5-13)15-8-9-17(18(23)10-15)22(27,28)29-16-11-19(24)21(26)20(25)12-16/h8-14H,2-7H2,1H3/t13-,14-. The van der Waals surface area contributed by atoms with E-state index in [0.29, 0.717) is 11.5 Å². The molecule has 29 heavy (non-hydrogen) atoms. The first kappa shape index (κ1) is 21.5. The maximum atomic E-state index is 14.5. The zero-order valence-electron chi connectivity index (χ0n) is 16.0. The molecule has 2 aromatic carbocycles. The minimum absolute atomic E-state index is 0.112. The van der Waals surface area contributed by atoms with E-state index in [0.717, 1.165) is 50.7 Å². The SMILES string of the molecule is CCC[C@H]1CC[C@H](c2ccc(C(F)(F)Oc3cc(F)c(F)c(F)c3)c(F)c2)CC1. The number of hydrogen-bond acceptors (Lipinski definition) is 1. The van der Waals surface area contributed by atoms with E-state index in [9.17, 15) is 26.3 Å². The van der Waals surface area contributed by atoms with Gasteiger partial charge in [0.05, 0.1) is 5.56 Å². The lowest BCUT2D eigenvalue weighted by Crippen LogP contribution is -2.24. The van der Waals surface area contributed by atoms with Crippen LogP contribution in [-0.2, 0) is 6.11 Å². The molecule has 0 aliphatic heterocycles. The van der Waals surface area contributed by atoms with Gasteiger partial charge < -0.3 is 4.74 Å². The van der Waals surface area contributed by atoms with Gasteiger partial charge in [-0.1, -0.05) is 25.8 Å². The second kappa shape index (κ2) is 8.67. The monoisotopic (exact) mass is 416 g/mol. The van der Waals surface area contributed by atoms with E-state index < -0.39 is 40.7 Å². The first-order valence-electron chi connectivity index (χ1n) is 9.72. The third-order valence-electron chi connectivity index (χ3n) is 5.53. The van der Waals surface area contributed by atoms with Crippen molar-refractivity contribution < 1.29 is 31.1 Å². The Kier molecular flexibility index (Phi) is 6.44. The zero-order valence-corrected chi connectivity index (χ0v) is 16.0. The van der Waals surface area contributed by atoms with Crippen molar-refractivity contribution in [2.24, 2.45) is 5.92 Å². The number of ether oxygens (including phenoxy) is 1. The van der Waals surface area contributed by atoms with Crippen LogP contribution in [0.25, 0.3) is 0 Å². The van der Waals surface area contributed by atoms with Gasteiger partial charge in [0.25, 0.3) is 0 Å². The molecule has 0 spiro atoms. The summed E-state index contributed by atoms with van der Waals surface area (Å²) < 4.78 is 86.9. The summed E-state index contributed by atoms with van der Waals surface area (Å²) in [5.74, 6) is -6.48. The van der Waals surface area contributed by atoms with E-state index in [1.807, 2.05) is 0 Å². The van der Waals surface area contributed by atoms with Crippen molar-refractivity contribution in [2.75, 3.05) is 0 Å². The van der Waals surface area contributed by atoms with Crippen molar-refractivity contribution in [3.63, 3.8) is 0 Å². The van der Waals surface area contributed by atoms with Crippen molar-refractivity contribution in [3.8, 4) is 5.75 Å². The van der Waals surface area contributed by atoms with Gasteiger partial charge in [-0.3, -0.25) is 0 Å². The van der Waals surface area contributed by atoms with Gasteiger partial charge in [0.1, 0.15) is 11.6 Å². The van der Waals surface area contributed by atoms with Crippen molar-refractivity contribution >= 4 is 0 Å². The highest BCUT2D eigenvalue weighted by Gasteiger charge is 2.38. The molecule has 3 rings (SSSR count). The Morgan fingerprint density at radius 2 is 1.52 bits per heavy atom. The van der Waals surface area contributed by atoms with E-state index in [1.165, 1.54) is 6.07 Å². The third kappa shape index (κ3) is 4.87. The summed E-state index contributed by atoms with van der Waals surface area (Å²) in [6.07, 6.45) is 1.92. The molecule has 1 saturated carbocycles. The number of hydrogen-bond donors (Lipinski definition) is 0. The summed E-state index contributed by atoms with van der Waals surface area (Å²) in [5, 5.41) is 0. The van der Waals surface area contributed by atoms with Crippen molar-refractivity contribution in [1.82, 2.24) is 0 Å². The molecule has 0 radical (unpaired) electrons. The zero-order chi connectivity index (χ0) is 21.2. The molecule has 1 aliphatic carbocycles. The largest absolute Gasteiger partial charge is 0.429 e. The first-order valence-corrected chi connectivity index (χ1v) is 9.72. The highest BCUT2D eigenvalue weighted by Crippen LogP contribution is 2.40. The quantitative estimate of drug-likeness (QED) is 0.351. The average molecular weight is 416 g/mol. The van der Waals surface area contributed by atoms with Crippen molar-refractivity contribution in [2.45, 2.75) is 57.5 Å². The average Bonchev–Trinajstić information content (AvgIpc) is 2.66. The number of halogens is 6. The highest BCUT2D eigenvalue weighted by molar-refractivity contribution is 5.31. The minimum atomic E-state index is -4.18. The lowest BCUT2D eigenvalue weighted by molar-refractivity contribution is -0.187. The van der Waals surface area contributed by atoms with Crippen LogP contribution in [0.15, 0.2) is 30.3 Å². The number of alkyl halides is 2. The summed E-state index contributed by atoms with van der Waals surface area (Å²) in [4.78, 5) is 0. The molecule has 1 aliphatic rings. The summed E-state index contributed by atoms with van der Waals surface area (Å²) in [6, 6.07) is 4.01. The van der Waals surface area contributed by atoms with E-state index >= 15 is 0 Å². The highest BCUT2D eigenvalue weighted by atomic mass is 19.3. The molecule has 2 aromatic rings. The molecule has 1 fully saturated rings. The molecule has 0 saturated heterocycles. The smallest absolute Gasteiger partial charge is 0.429 e. The predicted octanol–water partition coefficient (Wildman–Crippen LogP) is 7.45. The Labute approximate surface area is 165 Å². The molecule has 7 heteroatoms. The van der Waals surface area contributed by atoms with Crippen molar-refractivity contribution in [1.29, 1.82) is 0 Å². The van der Waals surface area contributed by atoms with Crippen LogP contribution in [0, 0.1) is 29.2 Å². The van der Waals surface area contributed by atoms with Crippen molar-refractivity contribution in [3.05, 3.63) is 64.7 Å². The van der Waals surface area contributed by atoms with Crippen LogP contribution in [-0.4, -0.2) is 0 Å². The molecular weight excluding hydrogens is 394 g/mol. The molecule has 0 bridgehead atoms. The predicted molar refractivity (Wildman–Crippen MR) is 96.8 cm³/mol. The second-order valence-corrected chi connectivity index (χ2v) is 7.57. The fourth-order valence-corrected chi connectivity index (χ4v) is 4.01. The van der Waals surface area contributed by atoms with Gasteiger partial charge in [0, 0.05) is 12.1 Å². The van der Waals surface area contributed by atoms with Gasteiger partial charge in [-0.15, -0.1) is 0 Å². The Morgan fingerprint density at radius 1 is 0.897 bits per heavy atom. The van der Waals surface area contributed by atoms with Gasteiger partial charge in [0.15, 0.2) is 17.5 Å². The molecule has 158 valence electrons. The summed E-state index contributed by atoms with van der Waals surface area (Å²) in [5.41, 5.74) is -0.401. The van der Waals surface area contributed by atoms with Crippen LogP contribution in [0.2, 0.25) is 0 Å². The Morgan fingerprint density at radius 3 is 2.07 bits per heavy atom. The summed E-state index contributed by atoms with van der Waals surface area (Å²) in [6.45, 7) is 2.14. The van der Waals surface area contributed by atoms with Crippen LogP contribution in [0.4, 0.5) is 26.3 Å². The Bertz CT molecular complexity index is 835. The van der Waals surface area contributed by atoms with Crippen LogP contribution in [0.1, 0.15) is 62.5 Å². The first-order chi connectivity index (χ1) is 13.7. The topological polar surface area (TPSA) is 9.23 Å². The second-order valence-electron chi connectivity index (χ2n) is 7.57. The molecule has 0 amide bonds. The molecule has 0 atom stereocenters. The molecule has 0 aromatic heterocycles. The van der Waals surface area contributed by atoms with E-state index in [2.05, 4.69) is 11.7 Å². The maximum absolute atomic E-state index is 14.5. The normalized spacial score (nSPS) is 20.0. The minimum Gasteiger partial charge on any atom is -0.429 e. The Balaban J connectivity index is 1.75. The molecule has 0 N–H and O–H groups in total. The van der Waals surface area contributed by atoms with Gasteiger partial charge in [-0.05, 0) is 55.2 Å². The van der Waals surface area contributed by atoms with Crippen LogP contribution in [0.3, 0.4) is 0 Å². The molecular formula is C22H22F6O. The van der Waals surface area contributed by atoms with E-state index in [1.54, 1.807) is 0 Å². The van der Waals surface area contributed by atoms with Crippen LogP contribution in [0.5, 0.6) is 5.75 Å².